The summed E-state index contributed by atoms with van der Waals surface area (Å²) >= 11 is 0. The smallest absolute Gasteiger partial charge is 0.229 e. The highest BCUT2D eigenvalue weighted by Gasteiger charge is 2.26. The maximum Gasteiger partial charge on any atom is 0.229 e. The van der Waals surface area contributed by atoms with Crippen LogP contribution in [-0.2, 0) is 0 Å². The molecule has 4 nitrogen and oxygen atoms in total. The minimum absolute atomic E-state index is 0.352. The Hall–Kier alpha value is -0.900. The molecule has 0 aromatic carbocycles. The first-order valence-electron chi connectivity index (χ1n) is 6.77. The van der Waals surface area contributed by atoms with Crippen LogP contribution in [0.5, 0.6) is 0 Å². The van der Waals surface area contributed by atoms with E-state index >= 15 is 0 Å². The van der Waals surface area contributed by atoms with E-state index in [1.165, 1.54) is 12.8 Å². The number of rotatable bonds is 4. The molecule has 0 bridgehead atoms. The average Bonchev–Trinajstić information content (AvgIpc) is 2.80. The predicted molar refractivity (Wildman–Crippen MR) is 67.1 cm³/mol. The van der Waals surface area contributed by atoms with Gasteiger partial charge in [-0.05, 0) is 32.2 Å². The molecule has 2 rings (SSSR count). The minimum Gasteiger partial charge on any atom is -0.339 e. The van der Waals surface area contributed by atoms with Gasteiger partial charge in [-0.1, -0.05) is 25.9 Å². The minimum atomic E-state index is 0.352. The molecule has 1 aliphatic carbocycles. The fourth-order valence-corrected chi connectivity index (χ4v) is 2.48. The van der Waals surface area contributed by atoms with E-state index in [0.29, 0.717) is 17.9 Å². The monoisotopic (exact) mass is 237 g/mol. The number of nitrogens with one attached hydrogen (secondary N) is 1. The molecule has 0 aliphatic heterocycles. The van der Waals surface area contributed by atoms with Gasteiger partial charge in [0.1, 0.15) is 0 Å². The lowest BCUT2D eigenvalue weighted by molar-refractivity contribution is 0.283. The molecular weight excluding hydrogens is 214 g/mol. The third-order valence-corrected chi connectivity index (χ3v) is 3.54. The Bertz CT molecular complexity index is 340. The van der Waals surface area contributed by atoms with Gasteiger partial charge in [0, 0.05) is 17.9 Å². The lowest BCUT2D eigenvalue weighted by Crippen LogP contribution is -2.32. The van der Waals surface area contributed by atoms with Gasteiger partial charge in [-0.3, -0.25) is 0 Å². The molecule has 1 saturated carbocycles. The molecular formula is C13H23N3O. The highest BCUT2D eigenvalue weighted by molar-refractivity contribution is 4.99. The van der Waals surface area contributed by atoms with E-state index < -0.39 is 0 Å². The van der Waals surface area contributed by atoms with E-state index in [4.69, 9.17) is 4.52 Å². The molecule has 17 heavy (non-hydrogen) atoms. The Labute approximate surface area is 103 Å². The number of hydrogen-bond acceptors (Lipinski definition) is 4. The molecule has 0 unspecified atom stereocenters. The molecule has 1 N–H and O–H groups in total. The number of hydrogen-bond donors (Lipinski definition) is 1. The molecule has 4 heteroatoms. The van der Waals surface area contributed by atoms with Crippen molar-refractivity contribution in [3.05, 3.63) is 11.7 Å². The van der Waals surface area contributed by atoms with Crippen molar-refractivity contribution in [1.29, 1.82) is 0 Å². The largest absolute Gasteiger partial charge is 0.339 e. The lowest BCUT2D eigenvalue weighted by Gasteiger charge is -2.26. The molecule has 0 atom stereocenters. The van der Waals surface area contributed by atoms with Crippen LogP contribution >= 0.6 is 0 Å². The topological polar surface area (TPSA) is 51.0 Å². The highest BCUT2D eigenvalue weighted by Crippen LogP contribution is 2.32. The summed E-state index contributed by atoms with van der Waals surface area (Å²) in [6, 6.07) is 0.684. The maximum absolute atomic E-state index is 5.38. The Balaban J connectivity index is 1.91. The van der Waals surface area contributed by atoms with Gasteiger partial charge in [-0.25, -0.2) is 0 Å². The van der Waals surface area contributed by atoms with Crippen LogP contribution in [0.4, 0.5) is 0 Å². The molecule has 0 amide bonds. The summed E-state index contributed by atoms with van der Waals surface area (Å²) in [5.74, 6) is 2.52. The Kier molecular flexibility index (Phi) is 4.15. The first kappa shape index (κ1) is 12.6. The third-order valence-electron chi connectivity index (χ3n) is 3.54. The van der Waals surface area contributed by atoms with Gasteiger partial charge >= 0.3 is 0 Å². The SMILES string of the molecule is CCNC1CCC(c2nc(C(C)C)no2)CC1. The molecule has 1 aromatic rings. The molecule has 96 valence electrons. The van der Waals surface area contributed by atoms with Gasteiger partial charge in [0.2, 0.25) is 5.89 Å². The second-order valence-electron chi connectivity index (χ2n) is 5.25. The number of aromatic nitrogens is 2. The summed E-state index contributed by atoms with van der Waals surface area (Å²) in [7, 11) is 0. The first-order valence-corrected chi connectivity index (χ1v) is 6.77. The maximum atomic E-state index is 5.38. The van der Waals surface area contributed by atoms with Crippen LogP contribution in [0.2, 0.25) is 0 Å². The molecule has 1 fully saturated rings. The third kappa shape index (κ3) is 3.06. The fraction of sp³-hybridized carbons (Fsp3) is 0.846. The van der Waals surface area contributed by atoms with E-state index in [-0.39, 0.29) is 0 Å². The van der Waals surface area contributed by atoms with Crippen LogP contribution < -0.4 is 5.32 Å². The number of nitrogens with zero attached hydrogens (tertiary/aromatic N) is 2. The van der Waals surface area contributed by atoms with Crippen molar-refractivity contribution < 1.29 is 4.52 Å². The lowest BCUT2D eigenvalue weighted by atomic mass is 9.86. The van der Waals surface area contributed by atoms with Crippen molar-refractivity contribution in [1.82, 2.24) is 15.5 Å². The van der Waals surface area contributed by atoms with Crippen LogP contribution in [0, 0.1) is 0 Å². The van der Waals surface area contributed by atoms with Gasteiger partial charge in [0.15, 0.2) is 5.82 Å². The van der Waals surface area contributed by atoms with E-state index in [1.54, 1.807) is 0 Å². The fourth-order valence-electron chi connectivity index (χ4n) is 2.48. The quantitative estimate of drug-likeness (QED) is 0.875. The molecule has 0 radical (unpaired) electrons. The molecule has 0 saturated heterocycles. The van der Waals surface area contributed by atoms with Crippen molar-refractivity contribution in [2.75, 3.05) is 6.54 Å². The molecule has 1 heterocycles. The van der Waals surface area contributed by atoms with Crippen LogP contribution in [0.3, 0.4) is 0 Å². The normalized spacial score (nSPS) is 25.4. The summed E-state index contributed by atoms with van der Waals surface area (Å²) in [6.45, 7) is 7.42. The zero-order chi connectivity index (χ0) is 12.3. The summed E-state index contributed by atoms with van der Waals surface area (Å²) in [5.41, 5.74) is 0. The second kappa shape index (κ2) is 5.63. The van der Waals surface area contributed by atoms with Crippen molar-refractivity contribution >= 4 is 0 Å². The van der Waals surface area contributed by atoms with Gasteiger partial charge in [0.25, 0.3) is 0 Å². The standard InChI is InChI=1S/C13H23N3O/c1-4-14-11-7-5-10(6-8-11)13-15-12(9(2)3)16-17-13/h9-11,14H,4-8H2,1-3H3. The van der Waals surface area contributed by atoms with Crippen LogP contribution in [0.15, 0.2) is 4.52 Å². The van der Waals surface area contributed by atoms with E-state index in [2.05, 4.69) is 36.2 Å². The van der Waals surface area contributed by atoms with E-state index in [0.717, 1.165) is 31.1 Å². The van der Waals surface area contributed by atoms with Crippen molar-refractivity contribution in [2.24, 2.45) is 0 Å². The predicted octanol–water partition coefficient (Wildman–Crippen LogP) is 2.83. The molecule has 1 aliphatic rings. The molecule has 1 aromatic heterocycles. The van der Waals surface area contributed by atoms with Crippen molar-refractivity contribution in [3.8, 4) is 0 Å². The highest BCUT2D eigenvalue weighted by atomic mass is 16.5. The molecule has 0 spiro atoms. The van der Waals surface area contributed by atoms with Gasteiger partial charge in [0.05, 0.1) is 0 Å². The Morgan fingerprint density at radius 2 is 2.00 bits per heavy atom. The second-order valence-corrected chi connectivity index (χ2v) is 5.25. The van der Waals surface area contributed by atoms with Crippen LogP contribution in [-0.4, -0.2) is 22.7 Å². The van der Waals surface area contributed by atoms with Crippen molar-refractivity contribution in [2.45, 2.75) is 64.3 Å². The van der Waals surface area contributed by atoms with Gasteiger partial charge in [-0.2, -0.15) is 4.98 Å². The van der Waals surface area contributed by atoms with Crippen LogP contribution in [0.25, 0.3) is 0 Å². The zero-order valence-electron chi connectivity index (χ0n) is 11.1. The van der Waals surface area contributed by atoms with Crippen molar-refractivity contribution in [3.63, 3.8) is 0 Å². The van der Waals surface area contributed by atoms with E-state index in [1.807, 2.05) is 0 Å². The summed E-state index contributed by atoms with van der Waals surface area (Å²) in [4.78, 5) is 4.51. The summed E-state index contributed by atoms with van der Waals surface area (Å²) in [5, 5.41) is 7.56. The Morgan fingerprint density at radius 3 is 2.53 bits per heavy atom. The van der Waals surface area contributed by atoms with Crippen LogP contribution in [0.1, 0.15) is 70.0 Å². The van der Waals surface area contributed by atoms with Gasteiger partial charge < -0.3 is 9.84 Å². The van der Waals surface area contributed by atoms with E-state index in [9.17, 15) is 0 Å². The summed E-state index contributed by atoms with van der Waals surface area (Å²) in [6.07, 6.45) is 4.77. The zero-order valence-corrected chi connectivity index (χ0v) is 11.1. The Morgan fingerprint density at radius 1 is 1.29 bits per heavy atom. The summed E-state index contributed by atoms with van der Waals surface area (Å²) < 4.78 is 5.38. The first-order chi connectivity index (χ1) is 8.20. The van der Waals surface area contributed by atoms with Gasteiger partial charge in [-0.15, -0.1) is 0 Å². The average molecular weight is 237 g/mol.